The summed E-state index contributed by atoms with van der Waals surface area (Å²) in [6.45, 7) is 1.41. The lowest BCUT2D eigenvalue weighted by Gasteiger charge is -2.08. The molecule has 0 aliphatic rings. The third-order valence-corrected chi connectivity index (χ3v) is 5.34. The normalized spacial score (nSPS) is 11.4. The zero-order valence-corrected chi connectivity index (χ0v) is 14.4. The molecule has 0 aliphatic heterocycles. The molecule has 0 aliphatic carbocycles. The number of rotatable bonds is 5. The van der Waals surface area contributed by atoms with Crippen molar-refractivity contribution in [3.05, 3.63) is 54.1 Å². The maximum atomic E-state index is 12.3. The van der Waals surface area contributed by atoms with Gasteiger partial charge in [0.15, 0.2) is 5.13 Å². The molecule has 24 heavy (non-hydrogen) atoms. The van der Waals surface area contributed by atoms with Crippen LogP contribution in [0.1, 0.15) is 12.5 Å². The van der Waals surface area contributed by atoms with E-state index in [1.807, 2.05) is 6.07 Å². The van der Waals surface area contributed by atoms with Crippen LogP contribution in [0.5, 0.6) is 0 Å². The molecule has 0 saturated heterocycles. The number of nitrogens with zero attached hydrogens (tertiary/aromatic N) is 1. The van der Waals surface area contributed by atoms with Crippen LogP contribution in [0.3, 0.4) is 0 Å². The van der Waals surface area contributed by atoms with Crippen LogP contribution in [-0.4, -0.2) is 19.3 Å². The Morgan fingerprint density at radius 3 is 2.62 bits per heavy atom. The second-order valence-electron chi connectivity index (χ2n) is 5.23. The number of sulfonamides is 1. The van der Waals surface area contributed by atoms with Gasteiger partial charge in [-0.2, -0.15) is 0 Å². The van der Waals surface area contributed by atoms with E-state index in [0.717, 1.165) is 10.3 Å². The van der Waals surface area contributed by atoms with Crippen molar-refractivity contribution in [1.29, 1.82) is 0 Å². The minimum absolute atomic E-state index is 0.0916. The molecule has 0 spiro atoms. The first-order valence-electron chi connectivity index (χ1n) is 7.14. The molecule has 1 heterocycles. The van der Waals surface area contributed by atoms with Crippen LogP contribution in [0.25, 0.3) is 10.2 Å². The number of aromatic nitrogens is 1. The molecule has 1 aromatic heterocycles. The van der Waals surface area contributed by atoms with Gasteiger partial charge in [-0.05, 0) is 23.8 Å². The topological polar surface area (TPSA) is 88.2 Å². The number of carbonyl (C=O) groups excluding carboxylic acids is 1. The zero-order valence-electron chi connectivity index (χ0n) is 12.8. The molecule has 0 atom stereocenters. The van der Waals surface area contributed by atoms with E-state index in [1.54, 1.807) is 42.5 Å². The lowest BCUT2D eigenvalue weighted by atomic mass is 10.2. The number of anilines is 2. The largest absolute Gasteiger partial charge is 0.302 e. The quantitative estimate of drug-likeness (QED) is 0.730. The van der Waals surface area contributed by atoms with Gasteiger partial charge in [-0.1, -0.05) is 41.7 Å². The van der Waals surface area contributed by atoms with Crippen LogP contribution >= 0.6 is 11.3 Å². The van der Waals surface area contributed by atoms with Gasteiger partial charge in [0.2, 0.25) is 15.9 Å². The molecular weight excluding hydrogens is 346 g/mol. The van der Waals surface area contributed by atoms with E-state index in [2.05, 4.69) is 15.0 Å². The Kier molecular flexibility index (Phi) is 4.50. The molecule has 0 unspecified atom stereocenters. The summed E-state index contributed by atoms with van der Waals surface area (Å²) in [6.07, 6.45) is 0. The predicted octanol–water partition coefficient (Wildman–Crippen LogP) is 3.20. The first-order chi connectivity index (χ1) is 11.4. The summed E-state index contributed by atoms with van der Waals surface area (Å²) in [6, 6.07) is 14.1. The molecule has 0 fully saturated rings. The Morgan fingerprint density at radius 1 is 1.17 bits per heavy atom. The van der Waals surface area contributed by atoms with E-state index in [1.165, 1.54) is 18.3 Å². The third-order valence-electron chi connectivity index (χ3n) is 3.14. The van der Waals surface area contributed by atoms with Crippen molar-refractivity contribution in [2.75, 3.05) is 10.0 Å². The molecule has 124 valence electrons. The number of thiazole rings is 1. The van der Waals surface area contributed by atoms with Gasteiger partial charge in [-0.3, -0.25) is 9.52 Å². The summed E-state index contributed by atoms with van der Waals surface area (Å²) in [5.74, 6) is -0.288. The summed E-state index contributed by atoms with van der Waals surface area (Å²) >= 11 is 1.29. The maximum Gasteiger partial charge on any atom is 0.236 e. The lowest BCUT2D eigenvalue weighted by Crippen LogP contribution is -2.14. The molecule has 1 amide bonds. The molecule has 8 heteroatoms. The summed E-state index contributed by atoms with van der Waals surface area (Å²) in [4.78, 5) is 15.3. The van der Waals surface area contributed by atoms with Gasteiger partial charge < -0.3 is 5.32 Å². The van der Waals surface area contributed by atoms with Crippen LogP contribution in [0.4, 0.5) is 10.8 Å². The van der Waals surface area contributed by atoms with Crippen LogP contribution < -0.4 is 10.0 Å². The van der Waals surface area contributed by atoms with E-state index in [0.29, 0.717) is 16.3 Å². The van der Waals surface area contributed by atoms with Crippen molar-refractivity contribution in [3.8, 4) is 0 Å². The summed E-state index contributed by atoms with van der Waals surface area (Å²) in [7, 11) is -3.50. The van der Waals surface area contributed by atoms with Gasteiger partial charge in [-0.15, -0.1) is 0 Å². The smallest absolute Gasteiger partial charge is 0.236 e. The Bertz CT molecular complexity index is 982. The Labute approximate surface area is 143 Å². The number of nitrogens with one attached hydrogen (secondary N) is 2. The highest BCUT2D eigenvalue weighted by molar-refractivity contribution is 7.91. The summed E-state index contributed by atoms with van der Waals surface area (Å²) in [5.41, 5.74) is 1.89. The zero-order chi connectivity index (χ0) is 17.2. The van der Waals surface area contributed by atoms with E-state index < -0.39 is 10.0 Å². The number of hydrogen-bond acceptors (Lipinski definition) is 5. The van der Waals surface area contributed by atoms with Gasteiger partial charge in [0.05, 0.1) is 21.7 Å². The molecular formula is C16H15N3O3S2. The number of fused-ring (bicyclic) bond motifs is 1. The first kappa shape index (κ1) is 16.4. The van der Waals surface area contributed by atoms with Crippen molar-refractivity contribution in [2.45, 2.75) is 12.7 Å². The highest BCUT2D eigenvalue weighted by Gasteiger charge is 2.13. The van der Waals surface area contributed by atoms with Gasteiger partial charge in [0.1, 0.15) is 0 Å². The van der Waals surface area contributed by atoms with Crippen molar-refractivity contribution in [2.24, 2.45) is 0 Å². The van der Waals surface area contributed by atoms with Crippen LogP contribution in [-0.2, 0) is 20.6 Å². The van der Waals surface area contributed by atoms with Crippen LogP contribution in [0.15, 0.2) is 48.5 Å². The van der Waals surface area contributed by atoms with Gasteiger partial charge in [0.25, 0.3) is 0 Å². The maximum absolute atomic E-state index is 12.3. The van der Waals surface area contributed by atoms with Crippen molar-refractivity contribution in [3.63, 3.8) is 0 Å². The van der Waals surface area contributed by atoms with E-state index >= 15 is 0 Å². The monoisotopic (exact) mass is 361 g/mol. The van der Waals surface area contributed by atoms with Crippen molar-refractivity contribution >= 4 is 48.3 Å². The molecule has 2 aromatic carbocycles. The fraction of sp³-hybridized carbons (Fsp3) is 0.125. The molecule has 0 radical (unpaired) electrons. The number of carbonyl (C=O) groups is 1. The Hall–Kier alpha value is -2.45. The van der Waals surface area contributed by atoms with Gasteiger partial charge in [0, 0.05) is 6.92 Å². The molecule has 3 aromatic rings. The SMILES string of the molecule is CC(=O)Nc1nc2ccc(NS(=O)(=O)Cc3ccccc3)cc2s1. The molecule has 0 bridgehead atoms. The first-order valence-corrected chi connectivity index (χ1v) is 9.61. The second kappa shape index (κ2) is 6.58. The molecule has 6 nitrogen and oxygen atoms in total. The lowest BCUT2D eigenvalue weighted by molar-refractivity contribution is -0.114. The van der Waals surface area contributed by atoms with E-state index in [9.17, 15) is 13.2 Å². The van der Waals surface area contributed by atoms with Crippen LogP contribution in [0, 0.1) is 0 Å². The summed E-state index contributed by atoms with van der Waals surface area (Å²) in [5, 5.41) is 3.11. The third kappa shape index (κ3) is 4.09. The van der Waals surface area contributed by atoms with E-state index in [-0.39, 0.29) is 11.7 Å². The van der Waals surface area contributed by atoms with Gasteiger partial charge in [-0.25, -0.2) is 13.4 Å². The average Bonchev–Trinajstić information content (AvgIpc) is 2.87. The average molecular weight is 361 g/mol. The molecule has 3 rings (SSSR count). The second-order valence-corrected chi connectivity index (χ2v) is 7.98. The standard InChI is InChI=1S/C16H15N3O3S2/c1-11(20)17-16-18-14-8-7-13(9-15(14)23-16)19-24(21,22)10-12-5-3-2-4-6-12/h2-9,19H,10H2,1H3,(H,17,18,20). The molecule has 0 saturated carbocycles. The highest BCUT2D eigenvalue weighted by Crippen LogP contribution is 2.28. The fourth-order valence-electron chi connectivity index (χ4n) is 2.20. The Balaban J connectivity index is 1.80. The minimum atomic E-state index is -3.50. The van der Waals surface area contributed by atoms with Crippen LogP contribution in [0.2, 0.25) is 0 Å². The van der Waals surface area contributed by atoms with Gasteiger partial charge >= 0.3 is 0 Å². The fourth-order valence-corrected chi connectivity index (χ4v) is 4.34. The number of hydrogen-bond donors (Lipinski definition) is 2. The summed E-state index contributed by atoms with van der Waals surface area (Å²) < 4.78 is 27.9. The van der Waals surface area contributed by atoms with Crippen molar-refractivity contribution < 1.29 is 13.2 Å². The van der Waals surface area contributed by atoms with E-state index in [4.69, 9.17) is 0 Å². The minimum Gasteiger partial charge on any atom is -0.302 e. The molecule has 2 N–H and O–H groups in total. The van der Waals surface area contributed by atoms with Crippen molar-refractivity contribution in [1.82, 2.24) is 4.98 Å². The predicted molar refractivity (Wildman–Crippen MR) is 96.6 cm³/mol. The number of benzene rings is 2. The highest BCUT2D eigenvalue weighted by atomic mass is 32.2. The number of amides is 1. The Morgan fingerprint density at radius 2 is 1.92 bits per heavy atom.